The first-order valence-electron chi connectivity index (χ1n) is 9.31. The summed E-state index contributed by atoms with van der Waals surface area (Å²) >= 11 is 1.36. The van der Waals surface area contributed by atoms with Gasteiger partial charge in [0.05, 0.1) is 19.5 Å². The summed E-state index contributed by atoms with van der Waals surface area (Å²) in [6, 6.07) is 17.3. The predicted octanol–water partition coefficient (Wildman–Crippen LogP) is 3.26. The van der Waals surface area contributed by atoms with Gasteiger partial charge in [-0.1, -0.05) is 30.0 Å². The van der Waals surface area contributed by atoms with E-state index in [9.17, 15) is 4.79 Å². The Balaban J connectivity index is 1.44. The van der Waals surface area contributed by atoms with Crippen molar-refractivity contribution in [2.45, 2.75) is 18.5 Å². The van der Waals surface area contributed by atoms with Gasteiger partial charge in [0, 0.05) is 12.2 Å². The van der Waals surface area contributed by atoms with Crippen molar-refractivity contribution >= 4 is 17.7 Å². The summed E-state index contributed by atoms with van der Waals surface area (Å²) in [4.78, 5) is 12.1. The summed E-state index contributed by atoms with van der Waals surface area (Å²) in [6.07, 6.45) is 0.742. The molecule has 7 nitrogen and oxygen atoms in total. The first-order valence-corrected chi connectivity index (χ1v) is 10.3. The maximum Gasteiger partial charge on any atom is 0.230 e. The van der Waals surface area contributed by atoms with Crippen LogP contribution in [0.3, 0.4) is 0 Å². The summed E-state index contributed by atoms with van der Waals surface area (Å²) in [5.41, 5.74) is 0.925. The van der Waals surface area contributed by atoms with Gasteiger partial charge in [0.25, 0.3) is 0 Å². The van der Waals surface area contributed by atoms with E-state index in [0.717, 1.165) is 29.4 Å². The standard InChI is InChI=1S/C21H24N4O3S/c1-16-23-24-21(25(16)17-9-11-18(27-2)12-10-17)29-15-20(26)22-13-6-14-28-19-7-4-3-5-8-19/h3-5,7-12H,6,13-15H2,1-2H3,(H,22,26). The number of benzene rings is 2. The van der Waals surface area contributed by atoms with Crippen molar-refractivity contribution in [1.29, 1.82) is 0 Å². The van der Waals surface area contributed by atoms with E-state index in [1.807, 2.05) is 66.1 Å². The number of para-hydroxylation sites is 1. The minimum absolute atomic E-state index is 0.0448. The Kier molecular flexibility index (Phi) is 7.52. The van der Waals surface area contributed by atoms with Crippen LogP contribution in [0, 0.1) is 6.92 Å². The Morgan fingerprint density at radius 3 is 2.55 bits per heavy atom. The summed E-state index contributed by atoms with van der Waals surface area (Å²) in [5.74, 6) is 2.60. The van der Waals surface area contributed by atoms with E-state index < -0.39 is 0 Å². The molecule has 3 aromatic rings. The van der Waals surface area contributed by atoms with Gasteiger partial charge in [-0.2, -0.15) is 0 Å². The molecule has 1 heterocycles. The van der Waals surface area contributed by atoms with Gasteiger partial charge >= 0.3 is 0 Å². The van der Waals surface area contributed by atoms with Gasteiger partial charge in [-0.15, -0.1) is 10.2 Å². The van der Waals surface area contributed by atoms with Crippen LogP contribution in [0.25, 0.3) is 5.69 Å². The molecule has 0 spiro atoms. The lowest BCUT2D eigenvalue weighted by molar-refractivity contribution is -0.118. The summed E-state index contributed by atoms with van der Waals surface area (Å²) in [6.45, 7) is 3.01. The number of carbonyl (C=O) groups is 1. The fourth-order valence-electron chi connectivity index (χ4n) is 2.65. The smallest absolute Gasteiger partial charge is 0.230 e. The normalized spacial score (nSPS) is 10.6. The third-order valence-corrected chi connectivity index (χ3v) is 5.04. The van der Waals surface area contributed by atoms with E-state index in [0.29, 0.717) is 18.3 Å². The first kappa shape index (κ1) is 20.7. The van der Waals surface area contributed by atoms with Gasteiger partial charge < -0.3 is 14.8 Å². The molecule has 0 saturated carbocycles. The molecule has 0 bridgehead atoms. The summed E-state index contributed by atoms with van der Waals surface area (Å²) in [7, 11) is 1.63. The van der Waals surface area contributed by atoms with Crippen molar-refractivity contribution in [2.24, 2.45) is 0 Å². The van der Waals surface area contributed by atoms with Crippen molar-refractivity contribution in [2.75, 3.05) is 26.0 Å². The highest BCUT2D eigenvalue weighted by molar-refractivity contribution is 7.99. The molecule has 0 saturated heterocycles. The molecule has 1 aromatic heterocycles. The molecular weight excluding hydrogens is 388 g/mol. The Bertz CT molecular complexity index is 913. The molecule has 2 aromatic carbocycles. The Labute approximate surface area is 174 Å². The van der Waals surface area contributed by atoms with Crippen LogP contribution in [-0.4, -0.2) is 46.7 Å². The highest BCUT2D eigenvalue weighted by atomic mass is 32.2. The highest BCUT2D eigenvalue weighted by Crippen LogP contribution is 2.23. The molecule has 0 aliphatic rings. The van der Waals surface area contributed by atoms with E-state index in [4.69, 9.17) is 9.47 Å². The van der Waals surface area contributed by atoms with Gasteiger partial charge in [0.1, 0.15) is 17.3 Å². The van der Waals surface area contributed by atoms with Crippen molar-refractivity contribution < 1.29 is 14.3 Å². The number of rotatable bonds is 10. The summed E-state index contributed by atoms with van der Waals surface area (Å²) in [5, 5.41) is 11.9. The van der Waals surface area contributed by atoms with Crippen molar-refractivity contribution in [1.82, 2.24) is 20.1 Å². The van der Waals surface area contributed by atoms with Crippen molar-refractivity contribution in [3.63, 3.8) is 0 Å². The number of nitrogens with zero attached hydrogens (tertiary/aromatic N) is 3. The van der Waals surface area contributed by atoms with Crippen LogP contribution < -0.4 is 14.8 Å². The first-order chi connectivity index (χ1) is 14.2. The number of aromatic nitrogens is 3. The van der Waals surface area contributed by atoms with Crippen LogP contribution in [-0.2, 0) is 4.79 Å². The highest BCUT2D eigenvalue weighted by Gasteiger charge is 2.13. The third-order valence-electron chi connectivity index (χ3n) is 4.11. The molecule has 152 valence electrons. The largest absolute Gasteiger partial charge is 0.497 e. The minimum Gasteiger partial charge on any atom is -0.497 e. The molecule has 0 aliphatic carbocycles. The molecular formula is C21H24N4O3S. The number of ether oxygens (including phenoxy) is 2. The second kappa shape index (κ2) is 10.5. The fourth-order valence-corrected chi connectivity index (χ4v) is 3.48. The van der Waals surface area contributed by atoms with E-state index >= 15 is 0 Å². The van der Waals surface area contributed by atoms with E-state index in [-0.39, 0.29) is 11.7 Å². The zero-order chi connectivity index (χ0) is 20.5. The van der Waals surface area contributed by atoms with E-state index in [1.54, 1.807) is 7.11 Å². The molecule has 1 amide bonds. The number of amides is 1. The quantitative estimate of drug-likeness (QED) is 0.407. The molecule has 1 N–H and O–H groups in total. The van der Waals surface area contributed by atoms with Gasteiger partial charge in [-0.3, -0.25) is 9.36 Å². The van der Waals surface area contributed by atoms with Gasteiger partial charge in [0.15, 0.2) is 5.16 Å². The zero-order valence-electron chi connectivity index (χ0n) is 16.5. The van der Waals surface area contributed by atoms with Crippen LogP contribution in [0.5, 0.6) is 11.5 Å². The summed E-state index contributed by atoms with van der Waals surface area (Å²) < 4.78 is 12.7. The molecule has 8 heteroatoms. The van der Waals surface area contributed by atoms with Crippen LogP contribution in [0.1, 0.15) is 12.2 Å². The maximum atomic E-state index is 12.1. The van der Waals surface area contributed by atoms with Crippen LogP contribution in [0.15, 0.2) is 59.8 Å². The average molecular weight is 413 g/mol. The number of carbonyl (C=O) groups excluding carboxylic acids is 1. The number of thioether (sulfide) groups is 1. The maximum absolute atomic E-state index is 12.1. The lowest BCUT2D eigenvalue weighted by atomic mass is 10.3. The lowest BCUT2D eigenvalue weighted by Gasteiger charge is -2.10. The SMILES string of the molecule is COc1ccc(-n2c(C)nnc2SCC(=O)NCCCOc2ccccc2)cc1. The number of hydrogen-bond donors (Lipinski definition) is 1. The number of methoxy groups -OCH3 is 1. The Morgan fingerprint density at radius 1 is 1.07 bits per heavy atom. The molecule has 0 radical (unpaired) electrons. The molecule has 0 aliphatic heterocycles. The predicted molar refractivity (Wildman–Crippen MR) is 113 cm³/mol. The van der Waals surface area contributed by atoms with Gasteiger partial charge in [0.2, 0.25) is 5.91 Å². The zero-order valence-corrected chi connectivity index (χ0v) is 17.3. The molecule has 0 unspecified atom stereocenters. The van der Waals surface area contributed by atoms with Crippen LogP contribution in [0.2, 0.25) is 0 Å². The topological polar surface area (TPSA) is 78.3 Å². The Hall–Kier alpha value is -3.00. The molecule has 0 atom stereocenters. The monoisotopic (exact) mass is 412 g/mol. The minimum atomic E-state index is -0.0448. The molecule has 3 rings (SSSR count). The van der Waals surface area contributed by atoms with Crippen molar-refractivity contribution in [3.05, 3.63) is 60.4 Å². The van der Waals surface area contributed by atoms with E-state index in [2.05, 4.69) is 15.5 Å². The van der Waals surface area contributed by atoms with E-state index in [1.165, 1.54) is 11.8 Å². The van der Waals surface area contributed by atoms with Gasteiger partial charge in [-0.25, -0.2) is 0 Å². The van der Waals surface area contributed by atoms with Crippen LogP contribution in [0.4, 0.5) is 0 Å². The second-order valence-corrected chi connectivity index (χ2v) is 7.16. The van der Waals surface area contributed by atoms with Crippen LogP contribution >= 0.6 is 11.8 Å². The van der Waals surface area contributed by atoms with Crippen molar-refractivity contribution in [3.8, 4) is 17.2 Å². The second-order valence-electron chi connectivity index (χ2n) is 6.22. The Morgan fingerprint density at radius 2 is 1.83 bits per heavy atom. The average Bonchev–Trinajstić information content (AvgIpc) is 3.13. The molecule has 29 heavy (non-hydrogen) atoms. The van der Waals surface area contributed by atoms with Gasteiger partial charge in [-0.05, 0) is 49.7 Å². The lowest BCUT2D eigenvalue weighted by Crippen LogP contribution is -2.27. The number of nitrogens with one attached hydrogen (secondary N) is 1. The fraction of sp³-hybridized carbons (Fsp3) is 0.286. The molecule has 0 fully saturated rings. The number of hydrogen-bond acceptors (Lipinski definition) is 6. The number of aryl methyl sites for hydroxylation is 1. The third kappa shape index (κ3) is 5.99.